The van der Waals surface area contributed by atoms with Gasteiger partial charge in [0.1, 0.15) is 0 Å². The van der Waals surface area contributed by atoms with Crippen LogP contribution >= 0.6 is 11.6 Å². The third kappa shape index (κ3) is 6.16. The van der Waals surface area contributed by atoms with E-state index in [9.17, 15) is 0 Å². The van der Waals surface area contributed by atoms with Crippen LogP contribution in [0, 0.1) is 0 Å². The van der Waals surface area contributed by atoms with Gasteiger partial charge in [-0.05, 0) is 5.56 Å². The van der Waals surface area contributed by atoms with Gasteiger partial charge >= 0.3 is 0 Å². The Morgan fingerprint density at radius 3 is 2.00 bits per heavy atom. The highest BCUT2D eigenvalue weighted by atomic mass is 35.5. The number of hydrogen-bond acceptors (Lipinski definition) is 2. The number of benzene rings is 1. The van der Waals surface area contributed by atoms with Crippen LogP contribution in [0.5, 0.6) is 0 Å². The molecule has 1 aromatic carbocycles. The summed E-state index contributed by atoms with van der Waals surface area (Å²) in [5.74, 6) is 0.612. The van der Waals surface area contributed by atoms with Gasteiger partial charge in [-0.1, -0.05) is 30.3 Å². The molecule has 0 heterocycles. The summed E-state index contributed by atoms with van der Waals surface area (Å²) in [6.07, 6.45) is 0. The molecule has 0 saturated carbocycles. The first-order valence-electron chi connectivity index (χ1n) is 3.76. The minimum atomic E-state index is 0.0972. The fourth-order valence-corrected chi connectivity index (χ4v) is 0.745. The van der Waals surface area contributed by atoms with E-state index in [0.29, 0.717) is 12.4 Å². The molecule has 0 saturated heterocycles. The van der Waals surface area contributed by atoms with E-state index < -0.39 is 0 Å². The van der Waals surface area contributed by atoms with Gasteiger partial charge in [-0.2, -0.15) is 0 Å². The van der Waals surface area contributed by atoms with Crippen LogP contribution in [0.15, 0.2) is 30.3 Å². The van der Waals surface area contributed by atoms with Gasteiger partial charge < -0.3 is 10.8 Å². The molecule has 1 aromatic rings. The van der Waals surface area contributed by atoms with Crippen molar-refractivity contribution < 1.29 is 5.11 Å². The van der Waals surface area contributed by atoms with E-state index in [1.807, 2.05) is 30.3 Å². The van der Waals surface area contributed by atoms with Gasteiger partial charge in [-0.25, -0.2) is 0 Å². The van der Waals surface area contributed by atoms with E-state index in [2.05, 4.69) is 0 Å². The van der Waals surface area contributed by atoms with Crippen molar-refractivity contribution in [2.24, 2.45) is 5.73 Å². The summed E-state index contributed by atoms with van der Waals surface area (Å²) in [6, 6.07) is 9.96. The molecule has 12 heavy (non-hydrogen) atoms. The molecule has 0 aromatic heterocycles. The molecule has 0 aliphatic carbocycles. The molecule has 0 spiro atoms. The molecule has 0 amide bonds. The second-order valence-electron chi connectivity index (χ2n) is 2.13. The summed E-state index contributed by atoms with van der Waals surface area (Å²) in [7, 11) is 0. The number of halogens is 1. The minimum Gasteiger partial charge on any atom is -0.395 e. The van der Waals surface area contributed by atoms with Crippen LogP contribution < -0.4 is 5.73 Å². The van der Waals surface area contributed by atoms with Crippen molar-refractivity contribution in [3.8, 4) is 0 Å². The molecule has 0 aliphatic heterocycles. The third-order valence-electron chi connectivity index (χ3n) is 1.13. The molecule has 0 aliphatic rings. The number of aliphatic hydroxyl groups excluding tert-OH is 1. The Hall–Kier alpha value is -0.570. The highest BCUT2D eigenvalue weighted by Crippen LogP contribution is 2.00. The van der Waals surface area contributed by atoms with Gasteiger partial charge in [0, 0.05) is 12.4 Å². The van der Waals surface area contributed by atoms with Gasteiger partial charge in [0.05, 0.1) is 6.61 Å². The molecule has 0 unspecified atom stereocenters. The van der Waals surface area contributed by atoms with E-state index in [4.69, 9.17) is 22.4 Å². The summed E-state index contributed by atoms with van der Waals surface area (Å²) >= 11 is 5.53. The molecule has 68 valence electrons. The highest BCUT2D eigenvalue weighted by molar-refractivity contribution is 6.17. The predicted molar refractivity (Wildman–Crippen MR) is 52.1 cm³/mol. The van der Waals surface area contributed by atoms with Crippen molar-refractivity contribution in [1.82, 2.24) is 0 Å². The molecule has 3 N–H and O–H groups in total. The maximum absolute atomic E-state index is 7.75. The van der Waals surface area contributed by atoms with Gasteiger partial charge in [0.2, 0.25) is 0 Å². The average Bonchev–Trinajstić information content (AvgIpc) is 2.19. The lowest BCUT2D eigenvalue weighted by Crippen LogP contribution is -2.02. The Labute approximate surface area is 78.0 Å². The smallest absolute Gasteiger partial charge is 0.0553 e. The predicted octanol–water partition coefficient (Wildman–Crippen LogP) is 1.36. The van der Waals surface area contributed by atoms with E-state index in [1.54, 1.807) is 0 Å². The monoisotopic (exact) mass is 187 g/mol. The number of nitrogens with two attached hydrogens (primary N) is 1. The van der Waals surface area contributed by atoms with Crippen molar-refractivity contribution in [2.45, 2.75) is 5.88 Å². The van der Waals surface area contributed by atoms with Crippen molar-refractivity contribution in [3.05, 3.63) is 35.9 Å². The Balaban J connectivity index is 0.000000261. The zero-order valence-corrected chi connectivity index (χ0v) is 7.67. The van der Waals surface area contributed by atoms with Crippen molar-refractivity contribution in [1.29, 1.82) is 0 Å². The largest absolute Gasteiger partial charge is 0.395 e. The van der Waals surface area contributed by atoms with Crippen LogP contribution in [0.3, 0.4) is 0 Å². The van der Waals surface area contributed by atoms with Crippen LogP contribution in [0.4, 0.5) is 0 Å². The lowest BCUT2D eigenvalue weighted by atomic mass is 10.2. The van der Waals surface area contributed by atoms with Crippen LogP contribution in [-0.4, -0.2) is 18.3 Å². The topological polar surface area (TPSA) is 46.2 Å². The van der Waals surface area contributed by atoms with E-state index in [0.717, 1.165) is 0 Å². The molecule has 0 bridgehead atoms. The number of rotatable bonds is 2. The van der Waals surface area contributed by atoms with Gasteiger partial charge in [0.15, 0.2) is 0 Å². The van der Waals surface area contributed by atoms with Crippen LogP contribution in [0.25, 0.3) is 0 Å². The summed E-state index contributed by atoms with van der Waals surface area (Å²) < 4.78 is 0. The van der Waals surface area contributed by atoms with Gasteiger partial charge in [0.25, 0.3) is 0 Å². The summed E-state index contributed by atoms with van der Waals surface area (Å²) in [5, 5.41) is 7.75. The Kier molecular flexibility index (Phi) is 8.12. The molecule has 1 rings (SSSR count). The quantitative estimate of drug-likeness (QED) is 0.687. The maximum Gasteiger partial charge on any atom is 0.0553 e. The molecular weight excluding hydrogens is 174 g/mol. The highest BCUT2D eigenvalue weighted by Gasteiger charge is 1.81. The zero-order chi connectivity index (χ0) is 9.23. The van der Waals surface area contributed by atoms with E-state index >= 15 is 0 Å². The van der Waals surface area contributed by atoms with Gasteiger partial charge in [-0.3, -0.25) is 0 Å². The minimum absolute atomic E-state index is 0.0972. The number of hydrogen-bond donors (Lipinski definition) is 2. The lowest BCUT2D eigenvalue weighted by Gasteiger charge is -1.88. The van der Waals surface area contributed by atoms with Crippen molar-refractivity contribution in [3.63, 3.8) is 0 Å². The molecule has 0 fully saturated rings. The number of aliphatic hydroxyl groups is 1. The second-order valence-corrected chi connectivity index (χ2v) is 2.40. The van der Waals surface area contributed by atoms with E-state index in [1.165, 1.54) is 5.56 Å². The molecular formula is C9H14ClNO. The summed E-state index contributed by atoms with van der Waals surface area (Å²) in [5.41, 5.74) is 5.95. The normalized spacial score (nSPS) is 8.58. The first kappa shape index (κ1) is 11.4. The SMILES string of the molecule is ClCc1ccccc1.NCCO. The fourth-order valence-electron chi connectivity index (χ4n) is 0.567. The standard InChI is InChI=1S/C7H7Cl.C2H7NO/c8-6-7-4-2-1-3-5-7;3-1-2-4/h1-5H,6H2;4H,1-3H2. The van der Waals surface area contributed by atoms with E-state index in [-0.39, 0.29) is 6.61 Å². The molecule has 0 atom stereocenters. The second kappa shape index (κ2) is 8.53. The summed E-state index contributed by atoms with van der Waals surface area (Å²) in [4.78, 5) is 0. The first-order valence-corrected chi connectivity index (χ1v) is 4.29. The van der Waals surface area contributed by atoms with Crippen LogP contribution in [0.1, 0.15) is 5.56 Å². The van der Waals surface area contributed by atoms with Crippen molar-refractivity contribution >= 4 is 11.6 Å². The van der Waals surface area contributed by atoms with Gasteiger partial charge in [-0.15, -0.1) is 11.6 Å². The summed E-state index contributed by atoms with van der Waals surface area (Å²) in [6.45, 7) is 0.472. The number of alkyl halides is 1. The fraction of sp³-hybridized carbons (Fsp3) is 0.333. The van der Waals surface area contributed by atoms with Crippen LogP contribution in [-0.2, 0) is 5.88 Å². The van der Waals surface area contributed by atoms with Crippen molar-refractivity contribution in [2.75, 3.05) is 13.2 Å². The Bertz CT molecular complexity index is 177. The molecule has 3 heteroatoms. The Morgan fingerprint density at radius 2 is 1.75 bits per heavy atom. The average molecular weight is 188 g/mol. The zero-order valence-electron chi connectivity index (χ0n) is 6.91. The molecule has 0 radical (unpaired) electrons. The third-order valence-corrected chi connectivity index (χ3v) is 1.43. The van der Waals surface area contributed by atoms with Crippen LogP contribution in [0.2, 0.25) is 0 Å². The molecule has 2 nitrogen and oxygen atoms in total. The maximum atomic E-state index is 7.75. The lowest BCUT2D eigenvalue weighted by molar-refractivity contribution is 0.306. The Morgan fingerprint density at radius 1 is 1.25 bits per heavy atom. The first-order chi connectivity index (χ1) is 5.85.